The van der Waals surface area contributed by atoms with E-state index in [1.54, 1.807) is 6.07 Å². The van der Waals surface area contributed by atoms with E-state index in [9.17, 15) is 9.18 Å². The van der Waals surface area contributed by atoms with E-state index in [4.69, 9.17) is 4.74 Å². The maximum atomic E-state index is 12.8. The molecule has 4 nitrogen and oxygen atoms in total. The Kier molecular flexibility index (Phi) is 4.25. The molecule has 1 aromatic rings. The quantitative estimate of drug-likeness (QED) is 0.818. The maximum absolute atomic E-state index is 12.8. The first-order valence-electron chi connectivity index (χ1n) is 6.21. The Morgan fingerprint density at radius 1 is 1.56 bits per heavy atom. The average Bonchev–Trinajstić information content (AvgIpc) is 2.26. The highest BCUT2D eigenvalue weighted by atomic mass is 19.1. The molecule has 0 atom stereocenters. The van der Waals surface area contributed by atoms with Crippen LogP contribution in [0.4, 0.5) is 10.2 Å². The van der Waals surface area contributed by atoms with Gasteiger partial charge < -0.3 is 10.1 Å². The summed E-state index contributed by atoms with van der Waals surface area (Å²) >= 11 is 0. The molecule has 0 spiro atoms. The lowest BCUT2D eigenvalue weighted by atomic mass is 9.80. The molecule has 0 unspecified atom stereocenters. The molecule has 1 fully saturated rings. The minimum absolute atomic E-state index is 0.118. The number of nitrogens with zero attached hydrogens (tertiary/aromatic N) is 1. The van der Waals surface area contributed by atoms with Crippen LogP contribution >= 0.6 is 0 Å². The summed E-state index contributed by atoms with van der Waals surface area (Å²) in [6.45, 7) is 2.69. The van der Waals surface area contributed by atoms with Crippen molar-refractivity contribution in [3.05, 3.63) is 24.1 Å². The van der Waals surface area contributed by atoms with E-state index < -0.39 is 5.95 Å². The number of hydrogen-bond donors (Lipinski definition) is 1. The summed E-state index contributed by atoms with van der Waals surface area (Å²) in [6, 6.07) is 4.34. The minimum atomic E-state index is -0.590. The van der Waals surface area contributed by atoms with Crippen molar-refractivity contribution >= 4 is 11.7 Å². The van der Waals surface area contributed by atoms with Crippen LogP contribution in [0.15, 0.2) is 18.2 Å². The van der Waals surface area contributed by atoms with Crippen LogP contribution in [-0.2, 0) is 9.53 Å². The zero-order valence-corrected chi connectivity index (χ0v) is 10.4. The topological polar surface area (TPSA) is 51.2 Å². The number of rotatable bonds is 5. The van der Waals surface area contributed by atoms with Gasteiger partial charge in [-0.3, -0.25) is 4.79 Å². The van der Waals surface area contributed by atoms with Crippen LogP contribution in [0.25, 0.3) is 0 Å². The number of halogens is 1. The molecule has 0 aliphatic heterocycles. The smallest absolute Gasteiger partial charge is 0.225 e. The summed E-state index contributed by atoms with van der Waals surface area (Å²) in [4.78, 5) is 15.3. The highest BCUT2D eigenvalue weighted by molar-refractivity contribution is 5.89. The van der Waals surface area contributed by atoms with Gasteiger partial charge in [0.25, 0.3) is 0 Å². The van der Waals surface area contributed by atoms with Crippen LogP contribution in [0.3, 0.4) is 0 Å². The van der Waals surface area contributed by atoms with Gasteiger partial charge in [-0.1, -0.05) is 6.07 Å². The van der Waals surface area contributed by atoms with Crippen molar-refractivity contribution in [3.63, 3.8) is 0 Å². The zero-order chi connectivity index (χ0) is 13.0. The number of carbonyl (C=O) groups excluding carboxylic acids is 1. The number of carbonyl (C=O) groups is 1. The Morgan fingerprint density at radius 2 is 2.33 bits per heavy atom. The number of nitrogens with one attached hydrogen (secondary N) is 1. The van der Waals surface area contributed by atoms with Gasteiger partial charge in [0.05, 0.1) is 6.10 Å². The lowest BCUT2D eigenvalue weighted by Gasteiger charge is -2.34. The van der Waals surface area contributed by atoms with Crippen molar-refractivity contribution in [2.24, 2.45) is 5.92 Å². The van der Waals surface area contributed by atoms with Crippen molar-refractivity contribution in [3.8, 4) is 0 Å². The molecule has 1 aliphatic rings. The number of ether oxygens (including phenoxy) is 1. The molecule has 1 saturated carbocycles. The lowest BCUT2D eigenvalue weighted by molar-refractivity contribution is -0.119. The van der Waals surface area contributed by atoms with Gasteiger partial charge in [0, 0.05) is 13.0 Å². The fraction of sp³-hybridized carbons (Fsp3) is 0.538. The Labute approximate surface area is 106 Å². The van der Waals surface area contributed by atoms with Gasteiger partial charge in [-0.2, -0.15) is 4.39 Å². The molecule has 1 heterocycles. The van der Waals surface area contributed by atoms with E-state index in [2.05, 4.69) is 10.3 Å². The molecule has 18 heavy (non-hydrogen) atoms. The standard InChI is InChI=1S/C13H17FN2O2/c1-2-18-10-6-9(7-10)8-13(17)16-12-5-3-4-11(14)15-12/h3-5,9-10H,2,6-8H2,1H3,(H,15,16,17). The Balaban J connectivity index is 1.73. The Bertz CT molecular complexity index is 419. The molecule has 0 radical (unpaired) electrons. The first-order valence-corrected chi connectivity index (χ1v) is 6.21. The molecule has 1 N–H and O–H groups in total. The average molecular weight is 252 g/mol. The fourth-order valence-corrected chi connectivity index (χ4v) is 2.15. The highest BCUT2D eigenvalue weighted by Gasteiger charge is 2.31. The third-order valence-corrected chi connectivity index (χ3v) is 3.05. The van der Waals surface area contributed by atoms with Crippen molar-refractivity contribution in [1.82, 2.24) is 4.98 Å². The second-order valence-electron chi connectivity index (χ2n) is 4.51. The van der Waals surface area contributed by atoms with Crippen LogP contribution in [0, 0.1) is 11.9 Å². The van der Waals surface area contributed by atoms with Crippen molar-refractivity contribution in [2.75, 3.05) is 11.9 Å². The summed E-state index contributed by atoms with van der Waals surface area (Å²) in [5.74, 6) is -0.0725. The predicted molar refractivity (Wildman–Crippen MR) is 65.6 cm³/mol. The molecule has 1 amide bonds. The second-order valence-corrected chi connectivity index (χ2v) is 4.51. The van der Waals surface area contributed by atoms with Crippen LogP contribution in [0.2, 0.25) is 0 Å². The normalized spacial score (nSPS) is 22.3. The summed E-state index contributed by atoms with van der Waals surface area (Å²) in [5.41, 5.74) is 0. The zero-order valence-electron chi connectivity index (χ0n) is 10.4. The van der Waals surface area contributed by atoms with E-state index in [0.29, 0.717) is 18.4 Å². The summed E-state index contributed by atoms with van der Waals surface area (Å²) in [5, 5.41) is 2.60. The van der Waals surface area contributed by atoms with Crippen molar-refractivity contribution in [1.29, 1.82) is 0 Å². The number of pyridine rings is 1. The molecule has 1 aromatic heterocycles. The van der Waals surface area contributed by atoms with Gasteiger partial charge in [-0.25, -0.2) is 4.98 Å². The van der Waals surface area contributed by atoms with Crippen LogP contribution in [-0.4, -0.2) is 23.6 Å². The first-order chi connectivity index (χ1) is 8.67. The third kappa shape index (κ3) is 3.50. The molecule has 5 heteroatoms. The minimum Gasteiger partial charge on any atom is -0.378 e. The summed E-state index contributed by atoms with van der Waals surface area (Å²) < 4.78 is 18.2. The van der Waals surface area contributed by atoms with Gasteiger partial charge in [-0.05, 0) is 37.8 Å². The third-order valence-electron chi connectivity index (χ3n) is 3.05. The van der Waals surface area contributed by atoms with Gasteiger partial charge in [-0.15, -0.1) is 0 Å². The SMILES string of the molecule is CCOC1CC(CC(=O)Nc2cccc(F)n2)C1. The molecule has 2 rings (SSSR count). The molecule has 0 aromatic carbocycles. The predicted octanol–water partition coefficient (Wildman–Crippen LogP) is 2.36. The lowest BCUT2D eigenvalue weighted by Crippen LogP contribution is -2.34. The summed E-state index contributed by atoms with van der Waals surface area (Å²) in [7, 11) is 0. The van der Waals surface area contributed by atoms with Gasteiger partial charge in [0.15, 0.2) is 0 Å². The first kappa shape index (κ1) is 13.0. The van der Waals surface area contributed by atoms with Crippen molar-refractivity contribution in [2.45, 2.75) is 32.3 Å². The molecule has 0 bridgehead atoms. The molecule has 98 valence electrons. The molecule has 1 aliphatic carbocycles. The van der Waals surface area contributed by atoms with Gasteiger partial charge in [0.1, 0.15) is 5.82 Å². The second kappa shape index (κ2) is 5.91. The van der Waals surface area contributed by atoms with Crippen LogP contribution in [0.1, 0.15) is 26.2 Å². The van der Waals surface area contributed by atoms with Crippen molar-refractivity contribution < 1.29 is 13.9 Å². The van der Waals surface area contributed by atoms with E-state index >= 15 is 0 Å². The maximum Gasteiger partial charge on any atom is 0.225 e. The van der Waals surface area contributed by atoms with Crippen LogP contribution < -0.4 is 5.32 Å². The molecular formula is C13H17FN2O2. The Hall–Kier alpha value is -1.49. The van der Waals surface area contributed by atoms with E-state index in [0.717, 1.165) is 19.4 Å². The molecule has 0 saturated heterocycles. The monoisotopic (exact) mass is 252 g/mol. The number of anilines is 1. The number of hydrogen-bond acceptors (Lipinski definition) is 3. The Morgan fingerprint density at radius 3 is 3.00 bits per heavy atom. The highest BCUT2D eigenvalue weighted by Crippen LogP contribution is 2.32. The molecular weight excluding hydrogens is 235 g/mol. The number of amides is 1. The summed E-state index contributed by atoms with van der Waals surface area (Å²) in [6.07, 6.45) is 2.61. The van der Waals surface area contributed by atoms with E-state index in [1.165, 1.54) is 12.1 Å². The number of aromatic nitrogens is 1. The van der Waals surface area contributed by atoms with Gasteiger partial charge >= 0.3 is 0 Å². The fourth-order valence-electron chi connectivity index (χ4n) is 2.15. The van der Waals surface area contributed by atoms with E-state index in [1.807, 2.05) is 6.92 Å². The largest absolute Gasteiger partial charge is 0.378 e. The van der Waals surface area contributed by atoms with Crippen LogP contribution in [0.5, 0.6) is 0 Å². The van der Waals surface area contributed by atoms with Gasteiger partial charge in [0.2, 0.25) is 11.9 Å². The van der Waals surface area contributed by atoms with E-state index in [-0.39, 0.29) is 11.7 Å².